The summed E-state index contributed by atoms with van der Waals surface area (Å²) in [7, 11) is 0. The van der Waals surface area contributed by atoms with Gasteiger partial charge in [0.15, 0.2) is 0 Å². The predicted octanol–water partition coefficient (Wildman–Crippen LogP) is 1.45. The molecular formula is C15H23NO5. The number of hydrogen-bond donors (Lipinski definition) is 2. The first kappa shape index (κ1) is 15.8. The predicted molar refractivity (Wildman–Crippen MR) is 74.6 cm³/mol. The van der Waals surface area contributed by atoms with Crippen LogP contribution in [0.2, 0.25) is 0 Å². The Bertz CT molecular complexity index is 428. The van der Waals surface area contributed by atoms with Crippen molar-refractivity contribution >= 4 is 17.8 Å². The average molecular weight is 297 g/mol. The van der Waals surface area contributed by atoms with Gasteiger partial charge in [-0.05, 0) is 38.0 Å². The van der Waals surface area contributed by atoms with Crippen molar-refractivity contribution < 1.29 is 24.6 Å². The molecule has 0 aromatic carbocycles. The molecule has 1 heterocycles. The number of likely N-dealkylation sites (tertiary alicyclic amines) is 1. The summed E-state index contributed by atoms with van der Waals surface area (Å²) in [6, 6.07) is 0. The Balaban J connectivity index is 2.00. The Hall–Kier alpha value is -1.59. The van der Waals surface area contributed by atoms with Crippen LogP contribution in [-0.4, -0.2) is 46.0 Å². The maximum absolute atomic E-state index is 12.5. The quantitative estimate of drug-likeness (QED) is 0.822. The molecule has 6 heteroatoms. The summed E-state index contributed by atoms with van der Waals surface area (Å²) in [5.74, 6) is -3.45. The Morgan fingerprint density at radius 3 is 2.00 bits per heavy atom. The molecule has 1 saturated heterocycles. The van der Waals surface area contributed by atoms with Crippen molar-refractivity contribution in [2.45, 2.75) is 39.0 Å². The number of rotatable bonds is 3. The molecule has 2 atom stereocenters. The fourth-order valence-corrected chi connectivity index (χ4v) is 3.46. The summed E-state index contributed by atoms with van der Waals surface area (Å²) < 4.78 is 0. The van der Waals surface area contributed by atoms with Crippen LogP contribution < -0.4 is 0 Å². The van der Waals surface area contributed by atoms with Gasteiger partial charge in [0.1, 0.15) is 0 Å². The average Bonchev–Trinajstić information content (AvgIpc) is 2.46. The molecule has 2 unspecified atom stereocenters. The minimum Gasteiger partial charge on any atom is -0.481 e. The number of hydrogen-bond acceptors (Lipinski definition) is 3. The van der Waals surface area contributed by atoms with Gasteiger partial charge in [0.25, 0.3) is 0 Å². The summed E-state index contributed by atoms with van der Waals surface area (Å²) in [4.78, 5) is 36.4. The van der Waals surface area contributed by atoms with Crippen LogP contribution in [0.25, 0.3) is 0 Å². The number of carbonyl (C=O) groups is 3. The lowest BCUT2D eigenvalue weighted by atomic mass is 9.80. The molecule has 2 fully saturated rings. The molecule has 1 amide bonds. The Morgan fingerprint density at radius 2 is 1.48 bits per heavy atom. The second-order valence-electron chi connectivity index (χ2n) is 6.42. The number of nitrogens with zero attached hydrogens (tertiary/aromatic N) is 1. The molecule has 2 N–H and O–H groups in total. The zero-order valence-electron chi connectivity index (χ0n) is 12.3. The summed E-state index contributed by atoms with van der Waals surface area (Å²) in [6.07, 6.45) is 4.00. The number of piperidine rings is 1. The molecule has 1 aliphatic heterocycles. The van der Waals surface area contributed by atoms with E-state index in [1.54, 1.807) is 4.90 Å². The van der Waals surface area contributed by atoms with Crippen LogP contribution in [-0.2, 0) is 14.4 Å². The van der Waals surface area contributed by atoms with E-state index in [1.807, 2.05) is 0 Å². The van der Waals surface area contributed by atoms with Gasteiger partial charge in [-0.2, -0.15) is 0 Å². The summed E-state index contributed by atoms with van der Waals surface area (Å²) in [5.41, 5.74) is 0. The van der Waals surface area contributed by atoms with Gasteiger partial charge in [-0.25, -0.2) is 0 Å². The highest BCUT2D eigenvalue weighted by atomic mass is 16.4. The van der Waals surface area contributed by atoms with Crippen molar-refractivity contribution in [1.29, 1.82) is 0 Å². The van der Waals surface area contributed by atoms with Gasteiger partial charge in [0, 0.05) is 19.0 Å². The van der Waals surface area contributed by atoms with Gasteiger partial charge >= 0.3 is 11.9 Å². The van der Waals surface area contributed by atoms with Crippen molar-refractivity contribution in [3.63, 3.8) is 0 Å². The van der Waals surface area contributed by atoms with Gasteiger partial charge < -0.3 is 15.1 Å². The third kappa shape index (κ3) is 3.54. The molecule has 1 saturated carbocycles. The number of carboxylic acids is 2. The van der Waals surface area contributed by atoms with Crippen LogP contribution in [0.3, 0.4) is 0 Å². The molecule has 0 radical (unpaired) electrons. The molecule has 0 bridgehead atoms. The molecule has 0 aromatic rings. The molecule has 2 aliphatic rings. The van der Waals surface area contributed by atoms with E-state index in [1.165, 1.54) is 0 Å². The highest BCUT2D eigenvalue weighted by Crippen LogP contribution is 2.32. The van der Waals surface area contributed by atoms with Crippen molar-refractivity contribution in [2.75, 3.05) is 13.1 Å². The van der Waals surface area contributed by atoms with E-state index in [4.69, 9.17) is 5.11 Å². The molecule has 6 nitrogen and oxygen atoms in total. The lowest BCUT2D eigenvalue weighted by Gasteiger charge is -2.37. The molecular weight excluding hydrogens is 274 g/mol. The third-order valence-electron chi connectivity index (χ3n) is 4.92. The topological polar surface area (TPSA) is 94.9 Å². The highest BCUT2D eigenvalue weighted by molar-refractivity contribution is 5.83. The van der Waals surface area contributed by atoms with Crippen molar-refractivity contribution in [1.82, 2.24) is 4.90 Å². The van der Waals surface area contributed by atoms with Crippen molar-refractivity contribution in [3.05, 3.63) is 0 Å². The maximum atomic E-state index is 12.5. The first-order chi connectivity index (χ1) is 9.90. The van der Waals surface area contributed by atoms with E-state index in [2.05, 4.69) is 6.92 Å². The van der Waals surface area contributed by atoms with E-state index in [9.17, 15) is 19.5 Å². The van der Waals surface area contributed by atoms with Crippen LogP contribution >= 0.6 is 0 Å². The summed E-state index contributed by atoms with van der Waals surface area (Å²) in [6.45, 7) is 2.56. The van der Waals surface area contributed by atoms with E-state index in [-0.39, 0.29) is 24.8 Å². The van der Waals surface area contributed by atoms with Crippen molar-refractivity contribution in [3.8, 4) is 0 Å². The number of amides is 1. The summed E-state index contributed by atoms with van der Waals surface area (Å²) >= 11 is 0. The second kappa shape index (κ2) is 6.45. The van der Waals surface area contributed by atoms with E-state index in [0.29, 0.717) is 12.5 Å². The van der Waals surface area contributed by atoms with Gasteiger partial charge in [-0.15, -0.1) is 0 Å². The van der Waals surface area contributed by atoms with Crippen LogP contribution in [0.1, 0.15) is 39.0 Å². The zero-order valence-corrected chi connectivity index (χ0v) is 12.3. The van der Waals surface area contributed by atoms with E-state index < -0.39 is 23.8 Å². The first-order valence-corrected chi connectivity index (χ1v) is 7.64. The van der Waals surface area contributed by atoms with E-state index in [0.717, 1.165) is 25.7 Å². The van der Waals surface area contributed by atoms with Gasteiger partial charge in [0.2, 0.25) is 5.91 Å². The zero-order chi connectivity index (χ0) is 15.6. The molecule has 1 aliphatic carbocycles. The van der Waals surface area contributed by atoms with Crippen LogP contribution in [0, 0.1) is 23.7 Å². The lowest BCUT2D eigenvalue weighted by Crippen LogP contribution is -2.50. The Kier molecular flexibility index (Phi) is 4.85. The molecule has 21 heavy (non-hydrogen) atoms. The fourth-order valence-electron chi connectivity index (χ4n) is 3.46. The van der Waals surface area contributed by atoms with Crippen LogP contribution in [0.4, 0.5) is 0 Å². The number of carbonyl (C=O) groups excluding carboxylic acids is 1. The minimum atomic E-state index is -1.13. The largest absolute Gasteiger partial charge is 0.481 e. The standard InChI is InChI=1S/C15H23NO5/c1-9-2-4-10(5-3-9)13(17)16-7-6-11(14(18)19)12(8-16)15(20)21/h9-12H,2-8H2,1H3,(H,18,19)(H,20,21). The van der Waals surface area contributed by atoms with Gasteiger partial charge in [0.05, 0.1) is 11.8 Å². The highest BCUT2D eigenvalue weighted by Gasteiger charge is 2.41. The molecule has 0 aromatic heterocycles. The van der Waals surface area contributed by atoms with E-state index >= 15 is 0 Å². The Labute approximate surface area is 124 Å². The monoisotopic (exact) mass is 297 g/mol. The van der Waals surface area contributed by atoms with Gasteiger partial charge in [-0.3, -0.25) is 14.4 Å². The molecule has 118 valence electrons. The Morgan fingerprint density at radius 1 is 0.905 bits per heavy atom. The normalized spacial score (nSPS) is 33.5. The minimum absolute atomic E-state index is 0.0111. The summed E-state index contributed by atoms with van der Waals surface area (Å²) in [5, 5.41) is 18.3. The number of carboxylic acid groups (broad SMARTS) is 2. The van der Waals surface area contributed by atoms with Gasteiger partial charge in [-0.1, -0.05) is 6.92 Å². The lowest BCUT2D eigenvalue weighted by molar-refractivity contribution is -0.160. The SMILES string of the molecule is CC1CCC(C(=O)N2CCC(C(=O)O)C(C(=O)O)C2)CC1. The first-order valence-electron chi connectivity index (χ1n) is 7.64. The molecule has 2 rings (SSSR count). The number of aliphatic carboxylic acids is 2. The van der Waals surface area contributed by atoms with Crippen molar-refractivity contribution in [2.24, 2.45) is 23.7 Å². The smallest absolute Gasteiger partial charge is 0.309 e. The van der Waals surface area contributed by atoms with Crippen LogP contribution in [0.5, 0.6) is 0 Å². The molecule has 0 spiro atoms. The fraction of sp³-hybridized carbons (Fsp3) is 0.800. The maximum Gasteiger partial charge on any atom is 0.309 e. The van der Waals surface area contributed by atoms with Crippen LogP contribution in [0.15, 0.2) is 0 Å². The third-order valence-corrected chi connectivity index (χ3v) is 4.92. The second-order valence-corrected chi connectivity index (χ2v) is 6.42.